The topological polar surface area (TPSA) is 18.5 Å². The Labute approximate surface area is 117 Å². The zero-order valence-corrected chi connectivity index (χ0v) is 12.6. The summed E-state index contributed by atoms with van der Waals surface area (Å²) in [7, 11) is 0. The van der Waals surface area contributed by atoms with Gasteiger partial charge in [-0.15, -0.1) is 0 Å². The fraction of sp³-hybridized carbons (Fsp3) is 1.00. The van der Waals surface area contributed by atoms with E-state index in [9.17, 15) is 0 Å². The Morgan fingerprint density at radius 3 is 2.68 bits per heavy atom. The minimum Gasteiger partial charge on any atom is -0.308 e. The van der Waals surface area contributed by atoms with E-state index in [2.05, 4.69) is 29.0 Å². The minimum absolute atomic E-state index is 0.401. The summed E-state index contributed by atoms with van der Waals surface area (Å²) >= 11 is 0. The van der Waals surface area contributed by atoms with Gasteiger partial charge in [0, 0.05) is 43.3 Å². The van der Waals surface area contributed by atoms with Crippen molar-refractivity contribution in [1.82, 2.24) is 15.1 Å². The number of rotatable bonds is 2. The molecule has 0 bridgehead atoms. The summed E-state index contributed by atoms with van der Waals surface area (Å²) in [5, 5.41) is 3.87. The SMILES string of the molecule is CC1CNC(C)(C2CC2)CN1C1CCN2CCCC12. The lowest BCUT2D eigenvalue weighted by atomic mass is 9.89. The Bertz CT molecular complexity index is 354. The molecule has 0 aromatic carbocycles. The molecule has 3 saturated heterocycles. The molecule has 0 aromatic rings. The summed E-state index contributed by atoms with van der Waals surface area (Å²) in [5.74, 6) is 0.948. The molecule has 4 fully saturated rings. The molecule has 4 aliphatic rings. The molecule has 4 unspecified atom stereocenters. The maximum atomic E-state index is 3.87. The second-order valence-corrected chi connectivity index (χ2v) is 7.70. The van der Waals surface area contributed by atoms with Gasteiger partial charge in [-0.1, -0.05) is 0 Å². The Balaban J connectivity index is 1.52. The molecule has 3 heterocycles. The molecule has 0 aromatic heterocycles. The molecule has 4 rings (SSSR count). The average molecular weight is 263 g/mol. The second kappa shape index (κ2) is 4.44. The molecule has 1 aliphatic carbocycles. The lowest BCUT2D eigenvalue weighted by Crippen LogP contribution is -2.66. The first kappa shape index (κ1) is 12.6. The van der Waals surface area contributed by atoms with Crippen LogP contribution in [0, 0.1) is 5.92 Å². The Hall–Kier alpha value is -0.120. The number of fused-ring (bicyclic) bond motifs is 1. The predicted octanol–water partition coefficient (Wildman–Crippen LogP) is 1.69. The number of hydrogen-bond donors (Lipinski definition) is 1. The molecule has 0 amide bonds. The lowest BCUT2D eigenvalue weighted by molar-refractivity contribution is 0.0356. The van der Waals surface area contributed by atoms with Gasteiger partial charge in [0.1, 0.15) is 0 Å². The van der Waals surface area contributed by atoms with Crippen LogP contribution >= 0.6 is 0 Å². The molecule has 0 radical (unpaired) electrons. The Morgan fingerprint density at radius 2 is 1.89 bits per heavy atom. The van der Waals surface area contributed by atoms with Gasteiger partial charge >= 0.3 is 0 Å². The monoisotopic (exact) mass is 263 g/mol. The van der Waals surface area contributed by atoms with E-state index in [4.69, 9.17) is 0 Å². The van der Waals surface area contributed by atoms with Gasteiger partial charge in [0.15, 0.2) is 0 Å². The maximum Gasteiger partial charge on any atom is 0.0309 e. The first-order valence-electron chi connectivity index (χ1n) is 8.42. The van der Waals surface area contributed by atoms with Crippen molar-refractivity contribution in [2.75, 3.05) is 26.2 Å². The van der Waals surface area contributed by atoms with Crippen LogP contribution in [0.4, 0.5) is 0 Å². The normalized spacial score (nSPS) is 48.6. The highest BCUT2D eigenvalue weighted by Crippen LogP contribution is 2.43. The molecule has 108 valence electrons. The van der Waals surface area contributed by atoms with E-state index in [0.717, 1.165) is 24.0 Å². The summed E-state index contributed by atoms with van der Waals surface area (Å²) in [5.41, 5.74) is 0.401. The van der Waals surface area contributed by atoms with Gasteiger partial charge in [-0.25, -0.2) is 0 Å². The van der Waals surface area contributed by atoms with Gasteiger partial charge in [0.05, 0.1) is 0 Å². The van der Waals surface area contributed by atoms with Crippen LogP contribution in [0.15, 0.2) is 0 Å². The second-order valence-electron chi connectivity index (χ2n) is 7.70. The van der Waals surface area contributed by atoms with Crippen LogP contribution in [-0.4, -0.2) is 59.6 Å². The van der Waals surface area contributed by atoms with Crippen molar-refractivity contribution in [3.8, 4) is 0 Å². The largest absolute Gasteiger partial charge is 0.308 e. The zero-order chi connectivity index (χ0) is 13.0. The summed E-state index contributed by atoms with van der Waals surface area (Å²) in [4.78, 5) is 5.64. The number of nitrogens with one attached hydrogen (secondary N) is 1. The van der Waals surface area contributed by atoms with Gasteiger partial charge in [0.25, 0.3) is 0 Å². The van der Waals surface area contributed by atoms with Crippen molar-refractivity contribution < 1.29 is 0 Å². The smallest absolute Gasteiger partial charge is 0.0309 e. The molecule has 0 spiro atoms. The van der Waals surface area contributed by atoms with Gasteiger partial charge in [-0.05, 0) is 58.4 Å². The lowest BCUT2D eigenvalue weighted by Gasteiger charge is -2.49. The van der Waals surface area contributed by atoms with E-state index in [0.29, 0.717) is 5.54 Å². The van der Waals surface area contributed by atoms with Crippen LogP contribution in [0.25, 0.3) is 0 Å². The van der Waals surface area contributed by atoms with Crippen LogP contribution in [-0.2, 0) is 0 Å². The molecular formula is C16H29N3. The minimum atomic E-state index is 0.401. The van der Waals surface area contributed by atoms with Crippen molar-refractivity contribution in [2.45, 2.75) is 69.6 Å². The van der Waals surface area contributed by atoms with E-state index in [1.54, 1.807) is 0 Å². The quantitative estimate of drug-likeness (QED) is 0.818. The first-order chi connectivity index (χ1) is 9.17. The highest BCUT2D eigenvalue weighted by molar-refractivity contribution is 5.07. The Morgan fingerprint density at radius 1 is 1.05 bits per heavy atom. The van der Waals surface area contributed by atoms with E-state index in [1.807, 2.05) is 0 Å². The molecule has 3 nitrogen and oxygen atoms in total. The number of nitrogens with zero attached hydrogens (tertiary/aromatic N) is 2. The van der Waals surface area contributed by atoms with Gasteiger partial charge in [0.2, 0.25) is 0 Å². The van der Waals surface area contributed by atoms with Gasteiger partial charge in [-0.3, -0.25) is 9.80 Å². The summed E-state index contributed by atoms with van der Waals surface area (Å²) in [6.07, 6.45) is 7.19. The van der Waals surface area contributed by atoms with Crippen molar-refractivity contribution in [1.29, 1.82) is 0 Å². The molecule has 4 atom stereocenters. The van der Waals surface area contributed by atoms with Crippen LogP contribution in [0.3, 0.4) is 0 Å². The highest BCUT2D eigenvalue weighted by Gasteiger charge is 2.49. The van der Waals surface area contributed by atoms with Crippen LogP contribution in [0.5, 0.6) is 0 Å². The zero-order valence-electron chi connectivity index (χ0n) is 12.6. The van der Waals surface area contributed by atoms with E-state index >= 15 is 0 Å². The molecular weight excluding hydrogens is 234 g/mol. The van der Waals surface area contributed by atoms with Crippen molar-refractivity contribution in [3.05, 3.63) is 0 Å². The van der Waals surface area contributed by atoms with Crippen LogP contribution in [0.2, 0.25) is 0 Å². The first-order valence-corrected chi connectivity index (χ1v) is 8.42. The third-order valence-electron chi connectivity index (χ3n) is 6.35. The number of piperazine rings is 1. The van der Waals surface area contributed by atoms with Gasteiger partial charge < -0.3 is 5.32 Å². The highest BCUT2D eigenvalue weighted by atomic mass is 15.3. The Kier molecular flexibility index (Phi) is 2.95. The van der Waals surface area contributed by atoms with Crippen LogP contribution in [0.1, 0.15) is 46.0 Å². The van der Waals surface area contributed by atoms with Crippen molar-refractivity contribution in [2.24, 2.45) is 5.92 Å². The molecule has 3 aliphatic heterocycles. The fourth-order valence-corrected chi connectivity index (χ4v) is 4.97. The third kappa shape index (κ3) is 2.05. The molecule has 3 heteroatoms. The van der Waals surface area contributed by atoms with E-state index in [-0.39, 0.29) is 0 Å². The summed E-state index contributed by atoms with van der Waals surface area (Å²) in [6, 6.07) is 2.44. The van der Waals surface area contributed by atoms with E-state index in [1.165, 1.54) is 58.3 Å². The fourth-order valence-electron chi connectivity index (χ4n) is 4.97. The predicted molar refractivity (Wildman–Crippen MR) is 78.3 cm³/mol. The number of hydrogen-bond acceptors (Lipinski definition) is 3. The molecule has 1 saturated carbocycles. The molecule has 19 heavy (non-hydrogen) atoms. The van der Waals surface area contributed by atoms with Crippen LogP contribution < -0.4 is 5.32 Å². The standard InChI is InChI=1S/C16H29N3/c1-12-10-17-16(2,13-5-6-13)11-19(12)15-7-9-18-8-3-4-14(15)18/h12-15,17H,3-11H2,1-2H3. The molecule has 1 N–H and O–H groups in total. The van der Waals surface area contributed by atoms with E-state index < -0.39 is 0 Å². The van der Waals surface area contributed by atoms with Crippen molar-refractivity contribution in [3.63, 3.8) is 0 Å². The third-order valence-corrected chi connectivity index (χ3v) is 6.35. The van der Waals surface area contributed by atoms with Gasteiger partial charge in [-0.2, -0.15) is 0 Å². The summed E-state index contributed by atoms with van der Waals surface area (Å²) in [6.45, 7) is 10.1. The maximum absolute atomic E-state index is 3.87. The van der Waals surface area contributed by atoms with Crippen molar-refractivity contribution >= 4 is 0 Å². The average Bonchev–Trinajstić information content (AvgIpc) is 3.03. The summed E-state index contributed by atoms with van der Waals surface area (Å²) < 4.78 is 0.